The van der Waals surface area contributed by atoms with E-state index in [0.29, 0.717) is 4.90 Å². The van der Waals surface area contributed by atoms with Gasteiger partial charge in [0.25, 0.3) is 0 Å². The van der Waals surface area contributed by atoms with Crippen LogP contribution in [0.1, 0.15) is 0 Å². The number of rotatable bonds is 2. The number of benzene rings is 1. The summed E-state index contributed by atoms with van der Waals surface area (Å²) in [6.07, 6.45) is 0. The van der Waals surface area contributed by atoms with E-state index in [9.17, 15) is 4.57 Å². The predicted octanol–water partition coefficient (Wildman–Crippen LogP) is 3.56. The molecule has 74 valence electrons. The highest BCUT2D eigenvalue weighted by Crippen LogP contribution is 2.90. The average molecular weight is 350 g/mol. The van der Waals surface area contributed by atoms with E-state index in [1.807, 2.05) is 0 Å². The van der Waals surface area contributed by atoms with E-state index in [-0.39, 0.29) is 0 Å². The van der Waals surface area contributed by atoms with Crippen LogP contribution in [0.3, 0.4) is 0 Å². The molecule has 0 saturated heterocycles. The molecule has 0 heterocycles. The molecule has 2 N–H and O–H groups in total. The van der Waals surface area contributed by atoms with Crippen molar-refractivity contribution in [3.63, 3.8) is 0 Å². The molecule has 0 fully saturated rings. The molecule has 7 heteroatoms. The summed E-state index contributed by atoms with van der Waals surface area (Å²) in [6, 6.07) is 8.58. The van der Waals surface area contributed by atoms with Gasteiger partial charge in [0, 0.05) is 11.4 Å². The molecule has 1 rings (SSSR count). The second-order valence-corrected chi connectivity index (χ2v) is 19.1. The van der Waals surface area contributed by atoms with Crippen molar-refractivity contribution in [2.24, 2.45) is 0 Å². The Labute approximate surface area is 92.2 Å². The van der Waals surface area contributed by atoms with Gasteiger partial charge in [-0.15, -0.1) is 0 Å². The second kappa shape index (κ2) is 4.04. The van der Waals surface area contributed by atoms with E-state index < -0.39 is 13.3 Å². The number of hydrogen-bond acceptors (Lipinski definition) is 1. The summed E-state index contributed by atoms with van der Waals surface area (Å²) < 4.78 is 11.1. The van der Waals surface area contributed by atoms with E-state index in [0.717, 1.165) is 0 Å². The zero-order chi connectivity index (χ0) is 10.1. The molecule has 0 amide bonds. The summed E-state index contributed by atoms with van der Waals surface area (Å²) in [6.45, 7) is -6.56. The highest BCUT2D eigenvalue weighted by molar-refractivity contribution is 9.98. The maximum absolute atomic E-state index is 11.1. The number of hydrogen-bond donors (Lipinski definition) is 2. The Morgan fingerprint density at radius 2 is 1.62 bits per heavy atom. The normalized spacial score (nSPS) is 14.2. The van der Waals surface area contributed by atoms with Gasteiger partial charge in [-0.05, 0) is 41.8 Å². The summed E-state index contributed by atoms with van der Waals surface area (Å²) in [5, 5.41) is 0. The van der Waals surface area contributed by atoms with Crippen molar-refractivity contribution in [3.05, 3.63) is 30.3 Å². The molecule has 0 spiro atoms. The van der Waals surface area contributed by atoms with Gasteiger partial charge in [-0.25, -0.2) is 4.57 Å². The third kappa shape index (κ3) is 2.58. The first-order chi connectivity index (χ1) is 5.86. The molecule has 0 atom stereocenters. The van der Waals surface area contributed by atoms with Crippen LogP contribution < -0.4 is 0 Å². The molecule has 1 aromatic rings. The topological polar surface area (TPSA) is 57.5 Å². The zero-order valence-corrected chi connectivity index (χ0v) is 11.2. The standard InChI is InChI=1S/C6H7Br2O3PS/c7-13(8,12(9,10)11)6-4-2-1-3-5-6/h1-5H,(H2,9,10,11). The Balaban J connectivity index is 3.16. The van der Waals surface area contributed by atoms with Crippen molar-refractivity contribution in [1.82, 2.24) is 0 Å². The molecule has 0 bridgehead atoms. The van der Waals surface area contributed by atoms with Crippen molar-refractivity contribution in [3.8, 4) is 0 Å². The molecule has 0 aliphatic heterocycles. The summed E-state index contributed by atoms with van der Waals surface area (Å²) in [5.41, 5.74) is 0. The summed E-state index contributed by atoms with van der Waals surface area (Å²) in [4.78, 5) is 18.7. The van der Waals surface area contributed by atoms with Gasteiger partial charge < -0.3 is 9.79 Å². The fourth-order valence-corrected chi connectivity index (χ4v) is 3.96. The van der Waals surface area contributed by atoms with Crippen LogP contribution in [0.15, 0.2) is 35.2 Å². The van der Waals surface area contributed by atoms with Gasteiger partial charge in [0.05, 0.1) is 0 Å². The smallest absolute Gasteiger partial charge is 0.316 e. The van der Waals surface area contributed by atoms with Crippen LogP contribution in [0.25, 0.3) is 0 Å². The fraction of sp³-hybridized carbons (Fsp3) is 0. The van der Waals surface area contributed by atoms with Crippen molar-refractivity contribution >= 4 is 42.9 Å². The van der Waals surface area contributed by atoms with Gasteiger partial charge in [-0.2, -0.15) is 0 Å². The largest absolute Gasteiger partial charge is 0.389 e. The molecular formula is C6H7Br2O3PS. The molecule has 0 aliphatic rings. The zero-order valence-electron chi connectivity index (χ0n) is 6.30. The van der Waals surface area contributed by atoms with Crippen molar-refractivity contribution in [2.45, 2.75) is 4.90 Å². The van der Waals surface area contributed by atoms with Crippen LogP contribution >= 0.6 is 42.9 Å². The van der Waals surface area contributed by atoms with Crippen LogP contribution in [0.4, 0.5) is 0 Å². The molecule has 0 aliphatic carbocycles. The first-order valence-electron chi connectivity index (χ1n) is 3.19. The molecule has 0 saturated carbocycles. The lowest BCUT2D eigenvalue weighted by molar-refractivity contribution is 0.396. The minimum Gasteiger partial charge on any atom is -0.316 e. The Morgan fingerprint density at radius 1 is 1.15 bits per heavy atom. The van der Waals surface area contributed by atoms with Gasteiger partial charge >= 0.3 is 6.80 Å². The summed E-state index contributed by atoms with van der Waals surface area (Å²) in [5.74, 6) is 0. The highest BCUT2D eigenvalue weighted by atomic mass is 79.9. The lowest BCUT2D eigenvalue weighted by atomic mass is 10.4. The van der Waals surface area contributed by atoms with Crippen LogP contribution in [-0.4, -0.2) is 9.79 Å². The first-order valence-corrected chi connectivity index (χ1v) is 10.7. The van der Waals surface area contributed by atoms with Gasteiger partial charge in [0.2, 0.25) is 0 Å². The summed E-state index contributed by atoms with van der Waals surface area (Å²) in [7, 11) is 0. The van der Waals surface area contributed by atoms with Gasteiger partial charge in [-0.1, -0.05) is 18.2 Å². The summed E-state index contributed by atoms with van der Waals surface area (Å²) >= 11 is 6.09. The van der Waals surface area contributed by atoms with E-state index >= 15 is 0 Å². The van der Waals surface area contributed by atoms with Crippen molar-refractivity contribution in [1.29, 1.82) is 0 Å². The monoisotopic (exact) mass is 348 g/mol. The third-order valence-corrected chi connectivity index (χ3v) is 14.2. The van der Waals surface area contributed by atoms with Crippen molar-refractivity contribution < 1.29 is 14.4 Å². The molecule has 1 aromatic carbocycles. The lowest BCUT2D eigenvalue weighted by Crippen LogP contribution is -1.84. The molecule has 0 unspecified atom stereocenters. The van der Waals surface area contributed by atoms with E-state index in [1.54, 1.807) is 30.3 Å². The minimum absolute atomic E-state index is 0.573. The van der Waals surface area contributed by atoms with Crippen LogP contribution in [0.5, 0.6) is 0 Å². The van der Waals surface area contributed by atoms with Gasteiger partial charge in [-0.3, -0.25) is 0 Å². The van der Waals surface area contributed by atoms with Crippen LogP contribution in [0.2, 0.25) is 0 Å². The Hall–Kier alpha value is 0.680. The molecule has 3 nitrogen and oxygen atoms in total. The second-order valence-electron chi connectivity index (χ2n) is 2.25. The van der Waals surface area contributed by atoms with E-state index in [2.05, 4.69) is 29.6 Å². The molecule has 13 heavy (non-hydrogen) atoms. The van der Waals surface area contributed by atoms with Crippen molar-refractivity contribution in [2.75, 3.05) is 0 Å². The quantitative estimate of drug-likeness (QED) is 0.802. The van der Waals surface area contributed by atoms with Crippen LogP contribution in [-0.2, 0) is 4.57 Å². The predicted molar refractivity (Wildman–Crippen MR) is 62.2 cm³/mol. The minimum atomic E-state index is -4.17. The Bertz CT molecular complexity index is 337. The maximum atomic E-state index is 11.1. The highest BCUT2D eigenvalue weighted by Gasteiger charge is 2.38. The maximum Gasteiger partial charge on any atom is 0.389 e. The van der Waals surface area contributed by atoms with E-state index in [1.165, 1.54) is 0 Å². The molecule has 0 aromatic heterocycles. The van der Waals surface area contributed by atoms with Crippen LogP contribution in [0, 0.1) is 0 Å². The fourth-order valence-electron chi connectivity index (χ4n) is 0.722. The Kier molecular flexibility index (Phi) is 3.66. The molecular weight excluding hydrogens is 343 g/mol. The molecule has 0 radical (unpaired) electrons. The lowest BCUT2D eigenvalue weighted by Gasteiger charge is -2.26. The number of halogens is 2. The SMILES string of the molecule is O=P(O)(O)S(Br)(Br)c1ccccc1. The Morgan fingerprint density at radius 3 is 2.00 bits per heavy atom. The first kappa shape index (κ1) is 11.8. The van der Waals surface area contributed by atoms with Gasteiger partial charge in [0.1, 0.15) is 0 Å². The third-order valence-electron chi connectivity index (χ3n) is 1.33. The van der Waals surface area contributed by atoms with E-state index in [4.69, 9.17) is 9.79 Å². The van der Waals surface area contributed by atoms with Gasteiger partial charge in [0.15, 0.2) is 0 Å². The average Bonchev–Trinajstić information content (AvgIpc) is 2.04.